The molecule has 0 fully saturated rings. The zero-order valence-electron chi connectivity index (χ0n) is 13.8. The van der Waals surface area contributed by atoms with Crippen LogP contribution < -0.4 is 0 Å². The molecule has 20 heavy (non-hydrogen) atoms. The van der Waals surface area contributed by atoms with Crippen molar-refractivity contribution < 1.29 is 30.1 Å². The maximum Gasteiger partial charge on any atom is 0.0952 e. The molecular weight excluding hydrogens is 264 g/mol. The second-order valence-corrected chi connectivity index (χ2v) is 6.45. The molecule has 0 unspecified atom stereocenters. The summed E-state index contributed by atoms with van der Waals surface area (Å²) in [5.41, 5.74) is -0.448. The lowest BCUT2D eigenvalue weighted by atomic mass is 10.2. The van der Waals surface area contributed by atoms with E-state index in [0.29, 0.717) is 13.2 Å². The summed E-state index contributed by atoms with van der Waals surface area (Å²) in [5.74, 6) is 0. The van der Waals surface area contributed by atoms with Crippen molar-refractivity contribution in [1.82, 2.24) is 0 Å². The van der Waals surface area contributed by atoms with Crippen LogP contribution in [0, 0.1) is 0 Å². The maximum atomic E-state index is 6.00. The molecule has 0 heterocycles. The fraction of sp³-hybridized carbons (Fsp3) is 1.00. The fourth-order valence-electron chi connectivity index (χ4n) is 1.11. The number of rotatable bonds is 9. The van der Waals surface area contributed by atoms with E-state index in [1.165, 1.54) is 0 Å². The van der Waals surface area contributed by atoms with Gasteiger partial charge >= 0.3 is 0 Å². The van der Waals surface area contributed by atoms with E-state index in [1.807, 2.05) is 41.5 Å². The molecule has 0 rings (SSSR count). The van der Waals surface area contributed by atoms with Gasteiger partial charge in [0.15, 0.2) is 0 Å². The molecule has 0 bridgehead atoms. The highest BCUT2D eigenvalue weighted by Gasteiger charge is 2.11. The van der Waals surface area contributed by atoms with Gasteiger partial charge < -0.3 is 0 Å². The molecule has 124 valence electrons. The van der Waals surface area contributed by atoms with Crippen molar-refractivity contribution in [3.63, 3.8) is 0 Å². The molecule has 0 aromatic heterocycles. The second-order valence-electron chi connectivity index (χ2n) is 6.45. The van der Waals surface area contributed by atoms with Crippen LogP contribution in [-0.4, -0.2) is 34.9 Å². The van der Waals surface area contributed by atoms with Crippen molar-refractivity contribution in [3.8, 4) is 0 Å². The molecule has 6 nitrogen and oxygen atoms in total. The highest BCUT2D eigenvalue weighted by Crippen LogP contribution is 2.09. The lowest BCUT2D eigenvalue weighted by molar-refractivity contribution is -0.350. The van der Waals surface area contributed by atoms with Crippen LogP contribution in [0.5, 0.6) is 0 Å². The first kappa shape index (κ1) is 22.0. The summed E-state index contributed by atoms with van der Waals surface area (Å²) in [7, 11) is 0. The van der Waals surface area contributed by atoms with Crippen LogP contribution in [0.4, 0.5) is 0 Å². The van der Waals surface area contributed by atoms with E-state index in [2.05, 4.69) is 0 Å². The molecule has 0 amide bonds. The third-order valence-corrected chi connectivity index (χ3v) is 1.82. The van der Waals surface area contributed by atoms with E-state index in [4.69, 9.17) is 30.1 Å². The summed E-state index contributed by atoms with van der Waals surface area (Å²) in [6, 6.07) is 0. The molecule has 0 aromatic carbocycles. The third-order valence-electron chi connectivity index (χ3n) is 1.82. The van der Waals surface area contributed by atoms with Crippen LogP contribution in [0.25, 0.3) is 0 Å². The van der Waals surface area contributed by atoms with Crippen LogP contribution in [0.3, 0.4) is 0 Å². The molecule has 0 aliphatic carbocycles. The smallest absolute Gasteiger partial charge is 0.0952 e. The van der Waals surface area contributed by atoms with E-state index in [0.717, 1.165) is 25.7 Å². The first-order valence-electron chi connectivity index (χ1n) is 7.02. The quantitative estimate of drug-likeness (QED) is 0.379. The minimum Gasteiger partial charge on any atom is -0.255 e. The number of hydrogen-bond acceptors (Lipinski definition) is 6. The predicted molar refractivity (Wildman–Crippen MR) is 77.3 cm³/mol. The minimum absolute atomic E-state index is 0.224. The van der Waals surface area contributed by atoms with Gasteiger partial charge in [-0.2, -0.15) is 0 Å². The average Bonchev–Trinajstić information content (AvgIpc) is 2.31. The standard InChI is InChI=1S/C14H30O4.H2O2/c1-13(2,3)17-15-11-9-7-8-10-12-16-18-14(4,5)6;1-2/h7-12H2,1-6H3;1-2H. The van der Waals surface area contributed by atoms with Gasteiger partial charge in [-0.15, -0.1) is 0 Å². The van der Waals surface area contributed by atoms with Crippen LogP contribution in [0.1, 0.15) is 67.2 Å². The zero-order chi connectivity index (χ0) is 16.1. The van der Waals surface area contributed by atoms with E-state index >= 15 is 0 Å². The maximum absolute atomic E-state index is 6.00. The van der Waals surface area contributed by atoms with Crippen LogP contribution in [0.2, 0.25) is 0 Å². The van der Waals surface area contributed by atoms with Gasteiger partial charge in [0.1, 0.15) is 0 Å². The van der Waals surface area contributed by atoms with Gasteiger partial charge in [-0.05, 0) is 54.4 Å². The molecule has 6 heteroatoms. The summed E-state index contributed by atoms with van der Waals surface area (Å²) < 4.78 is 0. The van der Waals surface area contributed by atoms with Crippen LogP contribution in [-0.2, 0) is 19.6 Å². The molecule has 0 aliphatic rings. The predicted octanol–water partition coefficient (Wildman–Crippen LogP) is 4.06. The molecule has 0 aromatic rings. The molecular formula is C14H32O6. The Hall–Kier alpha value is -0.240. The molecule has 0 saturated heterocycles. The Balaban J connectivity index is 0. The van der Waals surface area contributed by atoms with E-state index in [-0.39, 0.29) is 11.2 Å². The SMILES string of the molecule is CC(C)(C)OOCCCCCCOOC(C)(C)C.OO. The average molecular weight is 296 g/mol. The largest absolute Gasteiger partial charge is 0.255 e. The molecule has 0 atom stereocenters. The van der Waals surface area contributed by atoms with Crippen molar-refractivity contribution in [2.45, 2.75) is 78.4 Å². The van der Waals surface area contributed by atoms with Crippen molar-refractivity contribution in [2.75, 3.05) is 13.2 Å². The molecule has 0 aliphatic heterocycles. The molecule has 0 saturated carbocycles. The van der Waals surface area contributed by atoms with Crippen LogP contribution in [0.15, 0.2) is 0 Å². The molecule has 0 spiro atoms. The normalized spacial score (nSPS) is 12.0. The minimum atomic E-state index is -0.224. The third kappa shape index (κ3) is 22.9. The summed E-state index contributed by atoms with van der Waals surface area (Å²) in [6.07, 6.45) is 4.26. The van der Waals surface area contributed by atoms with Crippen molar-refractivity contribution >= 4 is 0 Å². The second kappa shape index (κ2) is 12.5. The van der Waals surface area contributed by atoms with Gasteiger partial charge in [0, 0.05) is 0 Å². The summed E-state index contributed by atoms with van der Waals surface area (Å²) in [4.78, 5) is 20.6. The van der Waals surface area contributed by atoms with Gasteiger partial charge in [0.05, 0.1) is 24.4 Å². The first-order chi connectivity index (χ1) is 9.21. The summed E-state index contributed by atoms with van der Waals surface area (Å²) in [6.45, 7) is 13.1. The monoisotopic (exact) mass is 296 g/mol. The zero-order valence-corrected chi connectivity index (χ0v) is 13.8. The van der Waals surface area contributed by atoms with E-state index < -0.39 is 0 Å². The lowest BCUT2D eigenvalue weighted by Crippen LogP contribution is -2.19. The molecule has 0 radical (unpaired) electrons. The van der Waals surface area contributed by atoms with Gasteiger partial charge in [0.2, 0.25) is 0 Å². The highest BCUT2D eigenvalue weighted by molar-refractivity contribution is 4.55. The Morgan fingerprint density at radius 2 is 0.900 bits per heavy atom. The Bertz CT molecular complexity index is 173. The van der Waals surface area contributed by atoms with E-state index in [1.54, 1.807) is 0 Å². The Labute approximate surface area is 122 Å². The van der Waals surface area contributed by atoms with Crippen LogP contribution >= 0.6 is 0 Å². The van der Waals surface area contributed by atoms with Crippen molar-refractivity contribution in [2.24, 2.45) is 0 Å². The Morgan fingerprint density at radius 1 is 0.600 bits per heavy atom. The van der Waals surface area contributed by atoms with Gasteiger partial charge in [0.25, 0.3) is 0 Å². The van der Waals surface area contributed by atoms with Gasteiger partial charge in [-0.3, -0.25) is 10.5 Å². The topological polar surface area (TPSA) is 77.4 Å². The Kier molecular flexibility index (Phi) is 13.8. The summed E-state index contributed by atoms with van der Waals surface area (Å²) in [5, 5.41) is 12.0. The Morgan fingerprint density at radius 3 is 1.15 bits per heavy atom. The lowest BCUT2D eigenvalue weighted by Gasteiger charge is -2.17. The van der Waals surface area contributed by atoms with Crippen molar-refractivity contribution in [3.05, 3.63) is 0 Å². The highest BCUT2D eigenvalue weighted by atomic mass is 17.2. The van der Waals surface area contributed by atoms with Crippen molar-refractivity contribution in [1.29, 1.82) is 0 Å². The van der Waals surface area contributed by atoms with Gasteiger partial charge in [-0.25, -0.2) is 19.6 Å². The number of unbranched alkanes of at least 4 members (excludes halogenated alkanes) is 3. The molecule has 2 N–H and O–H groups in total. The van der Waals surface area contributed by atoms with Gasteiger partial charge in [-0.1, -0.05) is 12.8 Å². The fourth-order valence-corrected chi connectivity index (χ4v) is 1.11. The number of hydrogen-bond donors (Lipinski definition) is 2. The first-order valence-corrected chi connectivity index (χ1v) is 7.02. The van der Waals surface area contributed by atoms with E-state index in [9.17, 15) is 0 Å². The summed E-state index contributed by atoms with van der Waals surface area (Å²) >= 11 is 0.